The average molecular weight is 259 g/mol. The maximum Gasteiger partial charge on any atom is 0.252 e. The summed E-state index contributed by atoms with van der Waals surface area (Å²) in [6.45, 7) is 5.30. The maximum atomic E-state index is 11.6. The summed E-state index contributed by atoms with van der Waals surface area (Å²) < 4.78 is 1.77. The molecule has 1 atom stereocenters. The highest BCUT2D eigenvalue weighted by atomic mass is 16.3. The number of aliphatic hydroxyl groups excluding tert-OH is 1. The Morgan fingerprint density at radius 2 is 2.05 bits per heavy atom. The Morgan fingerprint density at radius 1 is 1.37 bits per heavy atom. The van der Waals surface area contributed by atoms with Crippen LogP contribution in [0, 0.1) is 13.8 Å². The van der Waals surface area contributed by atoms with Crippen LogP contribution in [0.25, 0.3) is 5.69 Å². The first kappa shape index (κ1) is 13.3. The third-order valence-corrected chi connectivity index (χ3v) is 2.78. The number of carbonyl (C=O) groups is 1. The molecule has 0 fully saturated rings. The normalized spacial score (nSPS) is 12.2. The van der Waals surface area contributed by atoms with Crippen LogP contribution in [-0.2, 0) is 4.79 Å². The van der Waals surface area contributed by atoms with Crippen LogP contribution in [0.15, 0.2) is 30.3 Å². The van der Waals surface area contributed by atoms with Crippen LogP contribution in [0.1, 0.15) is 18.3 Å². The number of carbonyl (C=O) groups excluding carboxylic acids is 1. The molecule has 2 N–H and O–H groups in total. The number of hydrogen-bond acceptors (Lipinski definition) is 3. The lowest BCUT2D eigenvalue weighted by Gasteiger charge is -2.13. The maximum absolute atomic E-state index is 11.6. The van der Waals surface area contributed by atoms with E-state index < -0.39 is 12.0 Å². The largest absolute Gasteiger partial charge is 0.384 e. The van der Waals surface area contributed by atoms with Gasteiger partial charge in [-0.15, -0.1) is 0 Å². The molecule has 2 aromatic rings. The molecule has 1 aromatic heterocycles. The number of para-hydroxylation sites is 2. The van der Waals surface area contributed by atoms with E-state index in [-0.39, 0.29) is 0 Å². The Balaban J connectivity index is 2.42. The van der Waals surface area contributed by atoms with Crippen molar-refractivity contribution in [3.63, 3.8) is 0 Å². The monoisotopic (exact) mass is 259 g/mol. The number of rotatable bonds is 3. The molecule has 0 aliphatic rings. The van der Waals surface area contributed by atoms with Gasteiger partial charge in [0.1, 0.15) is 6.10 Å². The molecule has 2 rings (SSSR count). The third kappa shape index (κ3) is 2.82. The lowest BCUT2D eigenvalue weighted by atomic mass is 10.2. The number of anilines is 1. The van der Waals surface area contributed by atoms with Gasteiger partial charge < -0.3 is 10.4 Å². The van der Waals surface area contributed by atoms with E-state index in [1.807, 2.05) is 38.1 Å². The summed E-state index contributed by atoms with van der Waals surface area (Å²) in [7, 11) is 0. The van der Waals surface area contributed by atoms with Crippen LogP contribution in [-0.4, -0.2) is 26.9 Å². The molecule has 100 valence electrons. The zero-order valence-corrected chi connectivity index (χ0v) is 11.2. The molecule has 1 aromatic carbocycles. The summed E-state index contributed by atoms with van der Waals surface area (Å²) in [5, 5.41) is 16.4. The Bertz CT molecular complexity index is 602. The van der Waals surface area contributed by atoms with Crippen molar-refractivity contribution in [3.05, 3.63) is 41.7 Å². The van der Waals surface area contributed by atoms with Crippen LogP contribution in [0.2, 0.25) is 0 Å². The Morgan fingerprint density at radius 3 is 2.63 bits per heavy atom. The fourth-order valence-electron chi connectivity index (χ4n) is 1.87. The van der Waals surface area contributed by atoms with Gasteiger partial charge in [0.05, 0.1) is 17.1 Å². The molecule has 1 amide bonds. The number of benzene rings is 1. The second-order valence-corrected chi connectivity index (χ2v) is 4.52. The topological polar surface area (TPSA) is 67.2 Å². The first-order valence-electron chi connectivity index (χ1n) is 6.10. The molecule has 0 saturated heterocycles. The lowest BCUT2D eigenvalue weighted by molar-refractivity contribution is -0.123. The number of aliphatic hydroxyl groups is 1. The number of aryl methyl sites for hydroxylation is 2. The van der Waals surface area contributed by atoms with Gasteiger partial charge in [-0.3, -0.25) is 4.79 Å². The molecule has 0 aliphatic carbocycles. The molecule has 0 bridgehead atoms. The molecule has 1 heterocycles. The molecule has 19 heavy (non-hydrogen) atoms. The first-order chi connectivity index (χ1) is 8.99. The van der Waals surface area contributed by atoms with Gasteiger partial charge >= 0.3 is 0 Å². The molecule has 0 saturated carbocycles. The SMILES string of the molecule is Cc1cc(C)n(-c2ccccc2NC(=O)C(C)O)n1. The predicted molar refractivity (Wildman–Crippen MR) is 73.3 cm³/mol. The van der Waals surface area contributed by atoms with Crippen molar-refractivity contribution in [2.24, 2.45) is 0 Å². The highest BCUT2D eigenvalue weighted by molar-refractivity contribution is 5.95. The smallest absolute Gasteiger partial charge is 0.252 e. The van der Waals surface area contributed by atoms with E-state index in [4.69, 9.17) is 0 Å². The highest BCUT2D eigenvalue weighted by Crippen LogP contribution is 2.21. The molecule has 5 nitrogen and oxygen atoms in total. The molecule has 5 heteroatoms. The van der Waals surface area contributed by atoms with Gasteiger partial charge in [-0.1, -0.05) is 12.1 Å². The quantitative estimate of drug-likeness (QED) is 0.883. The second kappa shape index (κ2) is 5.24. The van der Waals surface area contributed by atoms with Gasteiger partial charge in [-0.2, -0.15) is 5.10 Å². The predicted octanol–water partition coefficient (Wildman–Crippen LogP) is 1.81. The average Bonchev–Trinajstić information content (AvgIpc) is 2.69. The minimum absolute atomic E-state index is 0.436. The molecular weight excluding hydrogens is 242 g/mol. The van der Waals surface area contributed by atoms with Crippen molar-refractivity contribution in [1.82, 2.24) is 9.78 Å². The van der Waals surface area contributed by atoms with E-state index in [1.165, 1.54) is 6.92 Å². The highest BCUT2D eigenvalue weighted by Gasteiger charge is 2.13. The van der Waals surface area contributed by atoms with Crippen LogP contribution in [0.3, 0.4) is 0 Å². The fraction of sp³-hybridized carbons (Fsp3) is 0.286. The number of nitrogens with zero attached hydrogens (tertiary/aromatic N) is 2. The number of hydrogen-bond donors (Lipinski definition) is 2. The van der Waals surface area contributed by atoms with Crippen molar-refractivity contribution in [1.29, 1.82) is 0 Å². The van der Waals surface area contributed by atoms with Crippen LogP contribution in [0.5, 0.6) is 0 Å². The van der Waals surface area contributed by atoms with Gasteiger partial charge in [0.15, 0.2) is 0 Å². The Kier molecular flexibility index (Phi) is 3.66. The summed E-state index contributed by atoms with van der Waals surface area (Å²) in [6.07, 6.45) is -1.05. The van der Waals surface area contributed by atoms with E-state index in [0.29, 0.717) is 5.69 Å². The van der Waals surface area contributed by atoms with Gasteiger partial charge in [-0.25, -0.2) is 4.68 Å². The Hall–Kier alpha value is -2.14. The zero-order chi connectivity index (χ0) is 14.0. The van der Waals surface area contributed by atoms with Gasteiger partial charge in [-0.05, 0) is 39.0 Å². The minimum atomic E-state index is -1.05. The molecular formula is C14H17N3O2. The third-order valence-electron chi connectivity index (χ3n) is 2.78. The van der Waals surface area contributed by atoms with Crippen molar-refractivity contribution >= 4 is 11.6 Å². The summed E-state index contributed by atoms with van der Waals surface area (Å²) in [5.41, 5.74) is 3.30. The molecule has 0 spiro atoms. The summed E-state index contributed by atoms with van der Waals surface area (Å²) in [4.78, 5) is 11.6. The van der Waals surface area contributed by atoms with Crippen molar-refractivity contribution < 1.29 is 9.90 Å². The van der Waals surface area contributed by atoms with Crippen LogP contribution >= 0.6 is 0 Å². The van der Waals surface area contributed by atoms with Crippen molar-refractivity contribution in [2.75, 3.05) is 5.32 Å². The van der Waals surface area contributed by atoms with Gasteiger partial charge in [0, 0.05) is 5.69 Å². The second-order valence-electron chi connectivity index (χ2n) is 4.52. The molecule has 0 aliphatic heterocycles. The number of aromatic nitrogens is 2. The minimum Gasteiger partial charge on any atom is -0.384 e. The molecule has 1 unspecified atom stereocenters. The van der Waals surface area contributed by atoms with Gasteiger partial charge in [0.25, 0.3) is 5.91 Å². The van der Waals surface area contributed by atoms with Crippen molar-refractivity contribution in [3.8, 4) is 5.69 Å². The summed E-state index contributed by atoms with van der Waals surface area (Å²) in [5.74, 6) is -0.436. The van der Waals surface area contributed by atoms with Gasteiger partial charge in [0.2, 0.25) is 0 Å². The zero-order valence-electron chi connectivity index (χ0n) is 11.2. The van der Waals surface area contributed by atoms with E-state index in [0.717, 1.165) is 17.1 Å². The Labute approximate surface area is 111 Å². The molecule has 0 radical (unpaired) electrons. The van der Waals surface area contributed by atoms with Crippen LogP contribution < -0.4 is 5.32 Å². The van der Waals surface area contributed by atoms with E-state index in [9.17, 15) is 9.90 Å². The van der Waals surface area contributed by atoms with Crippen LogP contribution in [0.4, 0.5) is 5.69 Å². The summed E-state index contributed by atoms with van der Waals surface area (Å²) >= 11 is 0. The number of nitrogens with one attached hydrogen (secondary N) is 1. The van der Waals surface area contributed by atoms with E-state index in [2.05, 4.69) is 10.4 Å². The summed E-state index contributed by atoms with van der Waals surface area (Å²) in [6, 6.07) is 9.33. The number of amides is 1. The lowest BCUT2D eigenvalue weighted by Crippen LogP contribution is -2.25. The van der Waals surface area contributed by atoms with Crippen molar-refractivity contribution in [2.45, 2.75) is 26.9 Å². The van der Waals surface area contributed by atoms with E-state index >= 15 is 0 Å². The standard InChI is InChI=1S/C14H17N3O2/c1-9-8-10(2)17(16-9)13-7-5-4-6-12(13)15-14(19)11(3)18/h4-8,11,18H,1-3H3,(H,15,19). The first-order valence-corrected chi connectivity index (χ1v) is 6.10. The van der Waals surface area contributed by atoms with E-state index in [1.54, 1.807) is 10.7 Å². The fourth-order valence-corrected chi connectivity index (χ4v) is 1.87.